The highest BCUT2D eigenvalue weighted by atomic mass is 35.5. The molecule has 0 radical (unpaired) electrons. The van der Waals surface area contributed by atoms with Crippen LogP contribution in [0.1, 0.15) is 31.9 Å². The summed E-state index contributed by atoms with van der Waals surface area (Å²) in [7, 11) is -2.75. The molecule has 3 aromatic carbocycles. The van der Waals surface area contributed by atoms with E-state index in [4.69, 9.17) is 16.3 Å². The molecule has 0 spiro atoms. The van der Waals surface area contributed by atoms with Crippen LogP contribution in [0.25, 0.3) is 0 Å². The van der Waals surface area contributed by atoms with Crippen LogP contribution in [0, 0.1) is 6.92 Å². The minimum Gasteiger partial charge on any atom is -0.495 e. The Balaban J connectivity index is 2.08. The third kappa shape index (κ3) is 7.52. The van der Waals surface area contributed by atoms with Crippen molar-refractivity contribution >= 4 is 39.1 Å². The molecule has 0 heterocycles. The number of ether oxygens (including phenoxy) is 1. The molecule has 39 heavy (non-hydrogen) atoms. The van der Waals surface area contributed by atoms with E-state index in [-0.39, 0.29) is 29.1 Å². The van der Waals surface area contributed by atoms with E-state index in [1.807, 2.05) is 20.8 Å². The highest BCUT2D eigenvalue weighted by Gasteiger charge is 2.34. The number of rotatable bonds is 11. The van der Waals surface area contributed by atoms with Crippen molar-refractivity contribution in [1.82, 2.24) is 10.2 Å². The Morgan fingerprint density at radius 2 is 1.62 bits per heavy atom. The van der Waals surface area contributed by atoms with E-state index in [1.54, 1.807) is 67.6 Å². The molecule has 1 atom stereocenters. The van der Waals surface area contributed by atoms with Crippen LogP contribution >= 0.6 is 11.6 Å². The van der Waals surface area contributed by atoms with Crippen LogP contribution in [0.3, 0.4) is 0 Å². The third-order valence-corrected chi connectivity index (χ3v) is 8.10. The second-order valence-electron chi connectivity index (χ2n) is 9.49. The van der Waals surface area contributed by atoms with Crippen molar-refractivity contribution in [3.63, 3.8) is 0 Å². The predicted octanol–water partition coefficient (Wildman–Crippen LogP) is 4.79. The van der Waals surface area contributed by atoms with Gasteiger partial charge >= 0.3 is 0 Å². The lowest BCUT2D eigenvalue weighted by Crippen LogP contribution is -2.52. The molecule has 3 aromatic rings. The molecule has 0 aliphatic carbocycles. The van der Waals surface area contributed by atoms with Crippen LogP contribution in [0.2, 0.25) is 5.02 Å². The van der Waals surface area contributed by atoms with E-state index in [9.17, 15) is 18.0 Å². The molecule has 0 unspecified atom stereocenters. The number of carbonyl (C=O) groups excluding carboxylic acids is 2. The lowest BCUT2D eigenvalue weighted by Gasteiger charge is -2.32. The molecule has 0 bridgehead atoms. The summed E-state index contributed by atoms with van der Waals surface area (Å²) in [6, 6.07) is 18.9. The van der Waals surface area contributed by atoms with Gasteiger partial charge in [-0.3, -0.25) is 13.9 Å². The molecule has 208 valence electrons. The number of hydrogen-bond donors (Lipinski definition) is 1. The molecule has 0 fully saturated rings. The lowest BCUT2D eigenvalue weighted by atomic mass is 10.1. The van der Waals surface area contributed by atoms with Crippen molar-refractivity contribution in [3.05, 3.63) is 88.9 Å². The minimum atomic E-state index is -4.19. The van der Waals surface area contributed by atoms with Crippen molar-refractivity contribution < 1.29 is 22.7 Å². The topological polar surface area (TPSA) is 96.0 Å². The molecular formula is C29H34ClN3O5S. The Morgan fingerprint density at radius 3 is 2.21 bits per heavy atom. The van der Waals surface area contributed by atoms with Gasteiger partial charge in [0.05, 0.1) is 17.7 Å². The fourth-order valence-electron chi connectivity index (χ4n) is 4.00. The van der Waals surface area contributed by atoms with Crippen molar-refractivity contribution in [2.24, 2.45) is 0 Å². The fraction of sp³-hybridized carbons (Fsp3) is 0.310. The molecule has 2 amide bonds. The second-order valence-corrected chi connectivity index (χ2v) is 11.8. The van der Waals surface area contributed by atoms with Crippen molar-refractivity contribution in [2.75, 3.05) is 18.0 Å². The van der Waals surface area contributed by atoms with Gasteiger partial charge in [0, 0.05) is 17.6 Å². The zero-order valence-electron chi connectivity index (χ0n) is 22.7. The zero-order valence-corrected chi connectivity index (χ0v) is 24.3. The maximum absolute atomic E-state index is 14.0. The summed E-state index contributed by atoms with van der Waals surface area (Å²) in [5, 5.41) is 3.37. The predicted molar refractivity (Wildman–Crippen MR) is 153 cm³/mol. The van der Waals surface area contributed by atoms with Gasteiger partial charge in [-0.25, -0.2) is 8.42 Å². The molecule has 0 aromatic heterocycles. The number of nitrogens with zero attached hydrogens (tertiary/aromatic N) is 2. The number of halogens is 1. The number of sulfonamides is 1. The number of aryl methyl sites for hydroxylation is 1. The molecule has 0 saturated carbocycles. The van der Waals surface area contributed by atoms with Gasteiger partial charge in [-0.1, -0.05) is 48.0 Å². The first kappa shape index (κ1) is 30.0. The van der Waals surface area contributed by atoms with E-state index < -0.39 is 28.5 Å². The fourth-order valence-corrected chi connectivity index (χ4v) is 5.57. The maximum Gasteiger partial charge on any atom is 0.264 e. The van der Waals surface area contributed by atoms with Gasteiger partial charge in [0.15, 0.2) is 0 Å². The molecule has 0 saturated heterocycles. The summed E-state index contributed by atoms with van der Waals surface area (Å²) in [5.74, 6) is -0.611. The zero-order chi connectivity index (χ0) is 28.7. The molecule has 0 aliphatic rings. The Hall–Kier alpha value is -3.56. The minimum absolute atomic E-state index is 0.0243. The van der Waals surface area contributed by atoms with Crippen LogP contribution in [0.15, 0.2) is 77.7 Å². The Morgan fingerprint density at radius 1 is 0.974 bits per heavy atom. The smallest absolute Gasteiger partial charge is 0.264 e. The van der Waals surface area contributed by atoms with E-state index in [0.29, 0.717) is 10.8 Å². The molecule has 8 nitrogen and oxygen atoms in total. The summed E-state index contributed by atoms with van der Waals surface area (Å²) >= 11 is 6.04. The quantitative estimate of drug-likeness (QED) is 0.357. The average molecular weight is 572 g/mol. The average Bonchev–Trinajstić information content (AvgIpc) is 2.90. The summed E-state index contributed by atoms with van der Waals surface area (Å²) < 4.78 is 34.4. The first-order valence-corrected chi connectivity index (χ1v) is 14.3. The van der Waals surface area contributed by atoms with Crippen molar-refractivity contribution in [2.45, 2.75) is 51.2 Å². The summed E-state index contributed by atoms with van der Waals surface area (Å²) in [5.41, 5.74) is 1.75. The van der Waals surface area contributed by atoms with Gasteiger partial charge in [0.2, 0.25) is 11.8 Å². The van der Waals surface area contributed by atoms with E-state index >= 15 is 0 Å². The van der Waals surface area contributed by atoms with Crippen LogP contribution in [-0.2, 0) is 26.2 Å². The molecule has 10 heteroatoms. The monoisotopic (exact) mass is 571 g/mol. The standard InChI is InChI=1S/C29H34ClN3O5S/c1-20(2)31-29(35)22(4)32(18-23-12-14-24(30)15-13-23)28(34)19-33(26-17-21(3)11-16-27(26)38-5)39(36,37)25-9-7-6-8-10-25/h6-17,20,22H,18-19H2,1-5H3,(H,31,35)/t22-/m1/s1. The van der Waals surface area contributed by atoms with E-state index in [1.165, 1.54) is 24.1 Å². The van der Waals surface area contributed by atoms with Gasteiger partial charge in [0.1, 0.15) is 18.3 Å². The van der Waals surface area contributed by atoms with Crippen LogP contribution in [0.5, 0.6) is 5.75 Å². The largest absolute Gasteiger partial charge is 0.495 e. The second kappa shape index (κ2) is 13.0. The van der Waals surface area contributed by atoms with Crippen molar-refractivity contribution in [3.8, 4) is 5.75 Å². The van der Waals surface area contributed by atoms with Crippen LogP contribution in [0.4, 0.5) is 5.69 Å². The van der Waals surface area contributed by atoms with Gasteiger partial charge in [-0.2, -0.15) is 0 Å². The number of amides is 2. The molecule has 1 N–H and O–H groups in total. The molecule has 0 aliphatic heterocycles. The molecule has 3 rings (SSSR count). The van der Waals surface area contributed by atoms with Gasteiger partial charge < -0.3 is 15.0 Å². The third-order valence-electron chi connectivity index (χ3n) is 6.08. The van der Waals surface area contributed by atoms with Gasteiger partial charge in [0.25, 0.3) is 10.0 Å². The highest BCUT2D eigenvalue weighted by Crippen LogP contribution is 2.33. The Kier molecular flexibility index (Phi) is 9.99. The maximum atomic E-state index is 14.0. The first-order valence-electron chi connectivity index (χ1n) is 12.5. The SMILES string of the molecule is COc1ccc(C)cc1N(CC(=O)N(Cc1ccc(Cl)cc1)[C@H](C)C(=O)NC(C)C)S(=O)(=O)c1ccccc1. The van der Waals surface area contributed by atoms with Gasteiger partial charge in [-0.05, 0) is 75.2 Å². The van der Waals surface area contributed by atoms with E-state index in [0.717, 1.165) is 15.4 Å². The number of methoxy groups -OCH3 is 1. The summed E-state index contributed by atoms with van der Waals surface area (Å²) in [4.78, 5) is 28.3. The number of carbonyl (C=O) groups is 2. The molecular weight excluding hydrogens is 538 g/mol. The first-order chi connectivity index (χ1) is 18.4. The van der Waals surface area contributed by atoms with E-state index in [2.05, 4.69) is 5.32 Å². The number of nitrogens with one attached hydrogen (secondary N) is 1. The summed E-state index contributed by atoms with van der Waals surface area (Å²) in [6.07, 6.45) is 0. The highest BCUT2D eigenvalue weighted by molar-refractivity contribution is 7.92. The number of anilines is 1. The van der Waals surface area contributed by atoms with Crippen molar-refractivity contribution in [1.29, 1.82) is 0 Å². The normalized spacial score (nSPS) is 12.1. The Labute approximate surface area is 235 Å². The number of hydrogen-bond acceptors (Lipinski definition) is 5. The van der Waals surface area contributed by atoms with Crippen LogP contribution in [-0.4, -0.2) is 50.9 Å². The lowest BCUT2D eigenvalue weighted by molar-refractivity contribution is -0.139. The van der Waals surface area contributed by atoms with Crippen LogP contribution < -0.4 is 14.4 Å². The Bertz CT molecular complexity index is 1400. The number of benzene rings is 3. The summed E-state index contributed by atoms with van der Waals surface area (Å²) in [6.45, 7) is 6.62. The van der Waals surface area contributed by atoms with Gasteiger partial charge in [-0.15, -0.1) is 0 Å².